The van der Waals surface area contributed by atoms with Crippen LogP contribution in [-0.4, -0.2) is 36.0 Å². The van der Waals surface area contributed by atoms with Gasteiger partial charge >= 0.3 is 0 Å². The Kier molecular flexibility index (Phi) is 5.80. The number of carbonyl (C=O) groups is 1. The molecule has 21 heavy (non-hydrogen) atoms. The molecule has 1 heterocycles. The van der Waals surface area contributed by atoms with Gasteiger partial charge in [0.25, 0.3) is 0 Å². The van der Waals surface area contributed by atoms with Gasteiger partial charge in [-0.25, -0.2) is 0 Å². The number of hydrogen-bond acceptors (Lipinski definition) is 2. The minimum atomic E-state index is 0.0584. The van der Waals surface area contributed by atoms with E-state index in [1.807, 2.05) is 18.2 Å². The van der Waals surface area contributed by atoms with E-state index in [1.165, 1.54) is 24.8 Å². The summed E-state index contributed by atoms with van der Waals surface area (Å²) in [5.74, 6) is 0.156. The Morgan fingerprint density at radius 2 is 1.81 bits per heavy atom. The Morgan fingerprint density at radius 3 is 2.48 bits per heavy atom. The zero-order chi connectivity index (χ0) is 15.1. The summed E-state index contributed by atoms with van der Waals surface area (Å²) in [6, 6.07) is 10.2. The third kappa shape index (κ3) is 5.16. The van der Waals surface area contributed by atoms with Gasteiger partial charge in [-0.3, -0.25) is 9.69 Å². The van der Waals surface area contributed by atoms with Gasteiger partial charge < -0.3 is 5.32 Å². The van der Waals surface area contributed by atoms with Crippen LogP contribution in [0.5, 0.6) is 0 Å². The number of benzene rings is 1. The fourth-order valence-electron chi connectivity index (χ4n) is 2.92. The molecule has 3 nitrogen and oxygen atoms in total. The number of aryl methyl sites for hydroxylation is 1. The van der Waals surface area contributed by atoms with Crippen LogP contribution in [0.2, 0.25) is 0 Å². The van der Waals surface area contributed by atoms with Crippen LogP contribution in [0.4, 0.5) is 0 Å². The van der Waals surface area contributed by atoms with E-state index in [2.05, 4.69) is 36.2 Å². The number of hydrogen-bond donors (Lipinski definition) is 1. The smallest absolute Gasteiger partial charge is 0.220 e. The highest BCUT2D eigenvalue weighted by Gasteiger charge is 2.28. The summed E-state index contributed by atoms with van der Waals surface area (Å²) in [6.07, 6.45) is 5.30. The maximum atomic E-state index is 12.0. The third-order valence-corrected chi connectivity index (χ3v) is 4.41. The summed E-state index contributed by atoms with van der Waals surface area (Å²) in [5.41, 5.74) is 1.28. The van der Waals surface area contributed by atoms with Crippen molar-refractivity contribution in [1.29, 1.82) is 0 Å². The van der Waals surface area contributed by atoms with E-state index in [9.17, 15) is 4.79 Å². The average Bonchev–Trinajstić information content (AvgIpc) is 2.53. The van der Waals surface area contributed by atoms with Gasteiger partial charge in [-0.1, -0.05) is 36.8 Å². The molecule has 0 aromatic heterocycles. The Labute approximate surface area is 128 Å². The van der Waals surface area contributed by atoms with E-state index in [0.717, 1.165) is 26.1 Å². The van der Waals surface area contributed by atoms with Gasteiger partial charge in [0, 0.05) is 18.5 Å². The van der Waals surface area contributed by atoms with Crippen molar-refractivity contribution in [3.05, 3.63) is 35.9 Å². The van der Waals surface area contributed by atoms with Crippen molar-refractivity contribution in [2.24, 2.45) is 0 Å². The molecule has 0 saturated carbocycles. The number of nitrogens with zero attached hydrogens (tertiary/aromatic N) is 1. The van der Waals surface area contributed by atoms with E-state index < -0.39 is 0 Å². The molecule has 1 amide bonds. The highest BCUT2D eigenvalue weighted by atomic mass is 16.1. The molecule has 3 heteroatoms. The molecule has 0 radical (unpaired) electrons. The molecule has 1 N–H and O–H groups in total. The normalized spacial score (nSPS) is 16.7. The predicted molar refractivity (Wildman–Crippen MR) is 87.3 cm³/mol. The second kappa shape index (κ2) is 7.60. The molecule has 1 aromatic carbocycles. The fraction of sp³-hybridized carbons (Fsp3) is 0.611. The largest absolute Gasteiger partial charge is 0.354 e. The number of amides is 1. The molecule has 1 saturated heterocycles. The van der Waals surface area contributed by atoms with Gasteiger partial charge in [0.15, 0.2) is 0 Å². The van der Waals surface area contributed by atoms with Crippen LogP contribution in [0.1, 0.15) is 45.1 Å². The SMILES string of the molecule is CC(C)(CNC(=O)CCc1ccccc1)N1CCCCC1. The first-order valence-corrected chi connectivity index (χ1v) is 8.14. The van der Waals surface area contributed by atoms with Crippen LogP contribution in [0.25, 0.3) is 0 Å². The second-order valence-electron chi connectivity index (χ2n) is 6.62. The van der Waals surface area contributed by atoms with Crippen LogP contribution in [0, 0.1) is 0 Å². The minimum Gasteiger partial charge on any atom is -0.354 e. The lowest BCUT2D eigenvalue weighted by Crippen LogP contribution is -2.53. The standard InChI is InChI=1S/C18H28N2O/c1-18(2,20-13-7-4-8-14-20)15-19-17(21)12-11-16-9-5-3-6-10-16/h3,5-6,9-10H,4,7-8,11-15H2,1-2H3,(H,19,21). The topological polar surface area (TPSA) is 32.3 Å². The predicted octanol–water partition coefficient (Wildman–Crippen LogP) is 3.00. The van der Waals surface area contributed by atoms with E-state index in [4.69, 9.17) is 0 Å². The summed E-state index contributed by atoms with van der Waals surface area (Å²) in [4.78, 5) is 14.5. The van der Waals surface area contributed by atoms with Crippen molar-refractivity contribution in [2.45, 2.75) is 51.5 Å². The molecular weight excluding hydrogens is 260 g/mol. The van der Waals surface area contributed by atoms with Crippen LogP contribution in [0.3, 0.4) is 0 Å². The Hall–Kier alpha value is -1.35. The first-order valence-electron chi connectivity index (χ1n) is 8.14. The first-order chi connectivity index (χ1) is 10.1. The monoisotopic (exact) mass is 288 g/mol. The lowest BCUT2D eigenvalue weighted by Gasteiger charge is -2.41. The quantitative estimate of drug-likeness (QED) is 0.873. The van der Waals surface area contributed by atoms with Gasteiger partial charge in [0.2, 0.25) is 5.91 Å². The maximum absolute atomic E-state index is 12.0. The zero-order valence-corrected chi connectivity index (χ0v) is 13.4. The van der Waals surface area contributed by atoms with Crippen LogP contribution in [-0.2, 0) is 11.2 Å². The number of nitrogens with one attached hydrogen (secondary N) is 1. The lowest BCUT2D eigenvalue weighted by molar-refractivity contribution is -0.121. The third-order valence-electron chi connectivity index (χ3n) is 4.41. The average molecular weight is 288 g/mol. The van der Waals surface area contributed by atoms with Gasteiger partial charge in [-0.05, 0) is 51.8 Å². The number of rotatable bonds is 6. The van der Waals surface area contributed by atoms with Crippen molar-refractivity contribution in [3.63, 3.8) is 0 Å². The first kappa shape index (κ1) is 16.0. The molecular formula is C18H28N2O. The van der Waals surface area contributed by atoms with Crippen molar-refractivity contribution >= 4 is 5.91 Å². The molecule has 116 valence electrons. The van der Waals surface area contributed by atoms with Gasteiger partial charge in [-0.15, -0.1) is 0 Å². The van der Waals surface area contributed by atoms with Crippen molar-refractivity contribution in [3.8, 4) is 0 Å². The van der Waals surface area contributed by atoms with Gasteiger partial charge in [0.1, 0.15) is 0 Å². The van der Waals surface area contributed by atoms with E-state index in [1.54, 1.807) is 0 Å². The van der Waals surface area contributed by atoms with Crippen LogP contribution in [0.15, 0.2) is 30.3 Å². The number of carbonyl (C=O) groups excluding carboxylic acids is 1. The number of piperidine rings is 1. The molecule has 1 aliphatic rings. The van der Waals surface area contributed by atoms with Crippen molar-refractivity contribution in [2.75, 3.05) is 19.6 Å². The van der Waals surface area contributed by atoms with Crippen molar-refractivity contribution in [1.82, 2.24) is 10.2 Å². The summed E-state index contributed by atoms with van der Waals surface area (Å²) in [6.45, 7) is 7.52. The summed E-state index contributed by atoms with van der Waals surface area (Å²) in [7, 11) is 0. The fourth-order valence-corrected chi connectivity index (χ4v) is 2.92. The molecule has 1 aromatic rings. The Balaban J connectivity index is 1.72. The van der Waals surface area contributed by atoms with Gasteiger partial charge in [-0.2, -0.15) is 0 Å². The van der Waals surface area contributed by atoms with Gasteiger partial charge in [0.05, 0.1) is 0 Å². The van der Waals surface area contributed by atoms with E-state index in [-0.39, 0.29) is 11.4 Å². The minimum absolute atomic E-state index is 0.0584. The Morgan fingerprint density at radius 1 is 1.14 bits per heavy atom. The zero-order valence-electron chi connectivity index (χ0n) is 13.4. The van der Waals surface area contributed by atoms with Crippen molar-refractivity contribution < 1.29 is 4.79 Å². The molecule has 0 unspecified atom stereocenters. The lowest BCUT2D eigenvalue weighted by atomic mass is 9.98. The molecule has 1 aliphatic heterocycles. The molecule has 0 atom stereocenters. The molecule has 1 fully saturated rings. The van der Waals surface area contributed by atoms with E-state index in [0.29, 0.717) is 6.42 Å². The second-order valence-corrected chi connectivity index (χ2v) is 6.62. The molecule has 2 rings (SSSR count). The highest BCUT2D eigenvalue weighted by Crippen LogP contribution is 2.19. The summed E-state index contributed by atoms with van der Waals surface area (Å²) < 4.78 is 0. The molecule has 0 aliphatic carbocycles. The maximum Gasteiger partial charge on any atom is 0.220 e. The summed E-state index contributed by atoms with van der Waals surface area (Å²) in [5, 5.41) is 3.11. The molecule has 0 bridgehead atoms. The van der Waals surface area contributed by atoms with Crippen LogP contribution < -0.4 is 5.32 Å². The van der Waals surface area contributed by atoms with E-state index >= 15 is 0 Å². The molecule has 0 spiro atoms. The van der Waals surface area contributed by atoms with Crippen LogP contribution >= 0.6 is 0 Å². The Bertz CT molecular complexity index is 436. The number of likely N-dealkylation sites (tertiary alicyclic amines) is 1. The summed E-state index contributed by atoms with van der Waals surface area (Å²) >= 11 is 0. The highest BCUT2D eigenvalue weighted by molar-refractivity contribution is 5.76.